The largest absolute Gasteiger partial charge is 0.493 e. The summed E-state index contributed by atoms with van der Waals surface area (Å²) < 4.78 is 11.1. The maximum absolute atomic E-state index is 13.0. The molecular weight excluding hydrogens is 388 g/mol. The molecule has 1 heterocycles. The Morgan fingerprint density at radius 1 is 0.968 bits per heavy atom. The topological polar surface area (TPSA) is 50.8 Å². The maximum atomic E-state index is 13.0. The van der Waals surface area contributed by atoms with Crippen LogP contribution in [-0.4, -0.2) is 31.2 Å². The number of hydrogen-bond acceptors (Lipinski definition) is 4. The lowest BCUT2D eigenvalue weighted by Gasteiger charge is -2.42. The van der Waals surface area contributed by atoms with Crippen LogP contribution in [0.15, 0.2) is 72.8 Å². The summed E-state index contributed by atoms with van der Waals surface area (Å²) in [5.41, 5.74) is 7.40. The van der Waals surface area contributed by atoms with Crippen molar-refractivity contribution >= 4 is 5.91 Å². The number of nitrogens with one attached hydrogen (secondary N) is 1. The Bertz CT molecular complexity index is 1040. The molecule has 1 amide bonds. The van der Waals surface area contributed by atoms with Crippen LogP contribution in [0.3, 0.4) is 0 Å². The summed E-state index contributed by atoms with van der Waals surface area (Å²) in [6.45, 7) is 2.14. The molecule has 1 aliphatic rings. The Morgan fingerprint density at radius 3 is 2.23 bits per heavy atom. The number of fused-ring (bicyclic) bond motifs is 1. The maximum Gasteiger partial charge on any atom is 0.265 e. The number of carbonyl (C=O) groups is 1. The van der Waals surface area contributed by atoms with Crippen LogP contribution in [0.25, 0.3) is 0 Å². The van der Waals surface area contributed by atoms with Gasteiger partial charge in [0.05, 0.1) is 20.3 Å². The third kappa shape index (κ3) is 4.42. The van der Waals surface area contributed by atoms with Gasteiger partial charge in [0.15, 0.2) is 11.5 Å². The highest BCUT2D eigenvalue weighted by Crippen LogP contribution is 2.40. The Labute approximate surface area is 183 Å². The fraction of sp³-hybridized carbons (Fsp3) is 0.269. The lowest BCUT2D eigenvalue weighted by Crippen LogP contribution is -2.53. The molecule has 0 radical (unpaired) electrons. The van der Waals surface area contributed by atoms with Crippen LogP contribution < -0.4 is 14.9 Å². The zero-order valence-electron chi connectivity index (χ0n) is 18.2. The lowest BCUT2D eigenvalue weighted by atomic mass is 9.86. The third-order valence-corrected chi connectivity index (χ3v) is 5.87. The highest BCUT2D eigenvalue weighted by molar-refractivity contribution is 5.93. The molecule has 0 saturated heterocycles. The van der Waals surface area contributed by atoms with E-state index in [1.54, 1.807) is 14.2 Å². The molecule has 2 unspecified atom stereocenters. The summed E-state index contributed by atoms with van der Waals surface area (Å²) >= 11 is 0. The van der Waals surface area contributed by atoms with E-state index in [4.69, 9.17) is 9.47 Å². The molecule has 5 heteroatoms. The first kappa shape index (κ1) is 20.9. The Balaban J connectivity index is 1.73. The molecule has 5 nitrogen and oxygen atoms in total. The molecule has 2 atom stereocenters. The average Bonchev–Trinajstić information content (AvgIpc) is 2.81. The average molecular weight is 417 g/mol. The van der Waals surface area contributed by atoms with Gasteiger partial charge in [-0.2, -0.15) is 0 Å². The fourth-order valence-electron chi connectivity index (χ4n) is 4.30. The highest BCUT2D eigenvalue weighted by Gasteiger charge is 2.34. The summed E-state index contributed by atoms with van der Waals surface area (Å²) in [6.07, 6.45) is 1.57. The van der Waals surface area contributed by atoms with Gasteiger partial charge in [-0.05, 0) is 60.7 Å². The molecule has 0 aliphatic carbocycles. The lowest BCUT2D eigenvalue weighted by molar-refractivity contribution is 0.0458. The SMILES string of the molecule is COc1cc2c(cc1OC)C(Cc1ccccc1)N(NC(=O)c1ccccc1)C(C)C2. The van der Waals surface area contributed by atoms with Gasteiger partial charge in [0, 0.05) is 11.6 Å². The number of nitrogens with zero attached hydrogens (tertiary/aromatic N) is 1. The molecule has 4 rings (SSSR count). The standard InChI is InChI=1S/C26H28N2O3/c1-18-14-21-16-24(30-2)25(31-3)17-22(21)23(15-19-10-6-4-7-11-19)28(18)27-26(29)20-12-8-5-9-13-20/h4-13,16-18,23H,14-15H2,1-3H3,(H,27,29). The van der Waals surface area contributed by atoms with Crippen LogP contribution in [0.4, 0.5) is 0 Å². The number of benzene rings is 3. The molecule has 0 saturated carbocycles. The van der Waals surface area contributed by atoms with E-state index in [-0.39, 0.29) is 18.0 Å². The second kappa shape index (κ2) is 9.23. The van der Waals surface area contributed by atoms with Crippen molar-refractivity contribution in [1.29, 1.82) is 0 Å². The van der Waals surface area contributed by atoms with Gasteiger partial charge in [-0.25, -0.2) is 5.01 Å². The minimum atomic E-state index is -0.102. The number of amides is 1. The monoisotopic (exact) mass is 416 g/mol. The van der Waals surface area contributed by atoms with E-state index in [2.05, 4.69) is 41.6 Å². The highest BCUT2D eigenvalue weighted by atomic mass is 16.5. The molecule has 0 spiro atoms. The molecule has 31 heavy (non-hydrogen) atoms. The molecule has 0 aromatic heterocycles. The van der Waals surface area contributed by atoms with Crippen molar-refractivity contribution in [2.45, 2.75) is 31.8 Å². The predicted molar refractivity (Wildman–Crippen MR) is 121 cm³/mol. The number of ether oxygens (including phenoxy) is 2. The molecule has 3 aromatic rings. The second-order valence-electron chi connectivity index (χ2n) is 7.88. The summed E-state index contributed by atoms with van der Waals surface area (Å²) in [5, 5.41) is 2.09. The van der Waals surface area contributed by atoms with Crippen molar-refractivity contribution in [3.05, 3.63) is 95.1 Å². The third-order valence-electron chi connectivity index (χ3n) is 5.87. The number of carbonyl (C=O) groups excluding carboxylic acids is 1. The van der Waals surface area contributed by atoms with Gasteiger partial charge in [-0.15, -0.1) is 0 Å². The first-order chi connectivity index (χ1) is 15.1. The molecule has 0 fully saturated rings. The van der Waals surface area contributed by atoms with Gasteiger partial charge >= 0.3 is 0 Å². The van der Waals surface area contributed by atoms with Crippen LogP contribution >= 0.6 is 0 Å². The van der Waals surface area contributed by atoms with Crippen LogP contribution in [-0.2, 0) is 12.8 Å². The van der Waals surface area contributed by atoms with Crippen LogP contribution in [0.2, 0.25) is 0 Å². The Morgan fingerprint density at radius 2 is 1.58 bits per heavy atom. The fourth-order valence-corrected chi connectivity index (χ4v) is 4.30. The Kier molecular flexibility index (Phi) is 6.23. The van der Waals surface area contributed by atoms with Crippen molar-refractivity contribution in [2.24, 2.45) is 0 Å². The molecule has 1 N–H and O–H groups in total. The summed E-state index contributed by atoms with van der Waals surface area (Å²) in [4.78, 5) is 13.0. The van der Waals surface area contributed by atoms with E-state index < -0.39 is 0 Å². The van der Waals surface area contributed by atoms with E-state index in [0.717, 1.165) is 24.2 Å². The van der Waals surface area contributed by atoms with Crippen LogP contribution in [0.5, 0.6) is 11.5 Å². The zero-order valence-corrected chi connectivity index (χ0v) is 18.2. The van der Waals surface area contributed by atoms with Crippen LogP contribution in [0.1, 0.15) is 40.0 Å². The van der Waals surface area contributed by atoms with E-state index in [9.17, 15) is 4.79 Å². The molecular formula is C26H28N2O3. The molecule has 3 aromatic carbocycles. The van der Waals surface area contributed by atoms with Gasteiger partial charge in [0.2, 0.25) is 0 Å². The van der Waals surface area contributed by atoms with E-state index in [1.807, 2.05) is 48.5 Å². The second-order valence-corrected chi connectivity index (χ2v) is 7.88. The first-order valence-electron chi connectivity index (χ1n) is 10.5. The first-order valence-corrected chi connectivity index (χ1v) is 10.5. The number of hydrogen-bond donors (Lipinski definition) is 1. The summed E-state index contributed by atoms with van der Waals surface area (Å²) in [6, 6.07) is 23.9. The summed E-state index contributed by atoms with van der Waals surface area (Å²) in [7, 11) is 3.31. The van der Waals surface area contributed by atoms with Gasteiger partial charge in [-0.1, -0.05) is 48.5 Å². The van der Waals surface area contributed by atoms with Crippen molar-refractivity contribution in [1.82, 2.24) is 10.4 Å². The summed E-state index contributed by atoms with van der Waals surface area (Å²) in [5.74, 6) is 1.33. The van der Waals surface area contributed by atoms with Crippen molar-refractivity contribution in [3.8, 4) is 11.5 Å². The smallest absolute Gasteiger partial charge is 0.265 e. The van der Waals surface area contributed by atoms with E-state index >= 15 is 0 Å². The van der Waals surface area contributed by atoms with Gasteiger partial charge < -0.3 is 9.47 Å². The van der Waals surface area contributed by atoms with Gasteiger partial charge in [-0.3, -0.25) is 10.2 Å². The molecule has 1 aliphatic heterocycles. The van der Waals surface area contributed by atoms with E-state index in [0.29, 0.717) is 11.3 Å². The Hall–Kier alpha value is -3.31. The van der Waals surface area contributed by atoms with Crippen molar-refractivity contribution in [2.75, 3.05) is 14.2 Å². The van der Waals surface area contributed by atoms with Gasteiger partial charge in [0.1, 0.15) is 0 Å². The quantitative estimate of drug-likeness (QED) is 0.639. The van der Waals surface area contributed by atoms with Crippen LogP contribution in [0, 0.1) is 0 Å². The number of methoxy groups -OCH3 is 2. The van der Waals surface area contributed by atoms with E-state index in [1.165, 1.54) is 11.1 Å². The molecule has 160 valence electrons. The number of rotatable bonds is 6. The van der Waals surface area contributed by atoms with Crippen molar-refractivity contribution in [3.63, 3.8) is 0 Å². The number of hydrazine groups is 1. The minimum absolute atomic E-state index is 0.0337. The van der Waals surface area contributed by atoms with Gasteiger partial charge in [0.25, 0.3) is 5.91 Å². The molecule has 0 bridgehead atoms. The predicted octanol–water partition coefficient (Wildman–Crippen LogP) is 4.58. The van der Waals surface area contributed by atoms with Crippen molar-refractivity contribution < 1.29 is 14.3 Å². The minimum Gasteiger partial charge on any atom is -0.493 e. The zero-order chi connectivity index (χ0) is 21.8. The normalized spacial score (nSPS) is 18.2.